The Morgan fingerprint density at radius 2 is 2.25 bits per heavy atom. The van der Waals surface area contributed by atoms with Crippen LogP contribution < -0.4 is 0 Å². The van der Waals surface area contributed by atoms with Crippen molar-refractivity contribution in [2.75, 3.05) is 6.54 Å². The summed E-state index contributed by atoms with van der Waals surface area (Å²) in [5.74, 6) is 0.429. The number of piperidine rings is 1. The molecule has 0 saturated carbocycles. The molecule has 2 unspecified atom stereocenters. The van der Waals surface area contributed by atoms with Crippen molar-refractivity contribution >= 4 is 5.91 Å². The van der Waals surface area contributed by atoms with Gasteiger partial charge in [-0.25, -0.2) is 0 Å². The van der Waals surface area contributed by atoms with Crippen molar-refractivity contribution in [3.8, 4) is 0 Å². The lowest BCUT2D eigenvalue weighted by atomic mass is 9.93. The Kier molecular flexibility index (Phi) is 1.91. The molecule has 0 aromatic carbocycles. The van der Waals surface area contributed by atoms with Crippen LogP contribution in [-0.4, -0.2) is 23.4 Å². The molecule has 2 rings (SSSR count). The Bertz CT molecular complexity index is 212. The lowest BCUT2D eigenvalue weighted by molar-refractivity contribution is -0.137. The maximum atomic E-state index is 11.7. The van der Waals surface area contributed by atoms with E-state index in [2.05, 4.69) is 11.5 Å². The smallest absolute Gasteiger partial charge is 0.229 e. The highest BCUT2D eigenvalue weighted by molar-refractivity contribution is 5.81. The van der Waals surface area contributed by atoms with Crippen LogP contribution in [0.2, 0.25) is 0 Å². The Morgan fingerprint density at radius 1 is 1.42 bits per heavy atom. The average Bonchev–Trinajstić information content (AvgIpc) is 2.53. The quantitative estimate of drug-likeness (QED) is 0.540. The van der Waals surface area contributed by atoms with Gasteiger partial charge in [-0.3, -0.25) is 4.79 Å². The molecule has 0 N–H and O–H groups in total. The van der Waals surface area contributed by atoms with Gasteiger partial charge in [0.2, 0.25) is 5.91 Å². The second-order valence-electron chi connectivity index (χ2n) is 3.75. The Hall–Kier alpha value is -0.790. The van der Waals surface area contributed by atoms with Crippen LogP contribution in [0, 0.1) is 5.92 Å². The van der Waals surface area contributed by atoms with Crippen LogP contribution in [0.4, 0.5) is 0 Å². The van der Waals surface area contributed by atoms with Crippen molar-refractivity contribution in [2.24, 2.45) is 5.92 Å². The molecule has 0 aliphatic carbocycles. The van der Waals surface area contributed by atoms with Gasteiger partial charge in [-0.15, -0.1) is 6.58 Å². The van der Waals surface area contributed by atoms with Gasteiger partial charge >= 0.3 is 0 Å². The molecule has 0 aromatic rings. The van der Waals surface area contributed by atoms with Crippen LogP contribution in [0.15, 0.2) is 12.7 Å². The molecule has 2 saturated heterocycles. The summed E-state index contributed by atoms with van der Waals surface area (Å²) in [6, 6.07) is 0.564. The minimum absolute atomic E-state index is 0.111. The molecule has 2 nitrogen and oxygen atoms in total. The minimum Gasteiger partial charge on any atom is -0.339 e. The summed E-state index contributed by atoms with van der Waals surface area (Å²) in [4.78, 5) is 13.7. The predicted octanol–water partition coefficient (Wildman–Crippen LogP) is 1.57. The third kappa shape index (κ3) is 1.06. The number of carbonyl (C=O) groups excluding carboxylic acids is 1. The third-order valence-electron chi connectivity index (χ3n) is 3.07. The molecule has 0 aromatic heterocycles. The van der Waals surface area contributed by atoms with Crippen LogP contribution in [-0.2, 0) is 4.79 Å². The predicted molar refractivity (Wildman–Crippen MR) is 47.7 cm³/mol. The fourth-order valence-electron chi connectivity index (χ4n) is 2.35. The molecule has 2 heteroatoms. The summed E-state index contributed by atoms with van der Waals surface area (Å²) in [5, 5.41) is 0. The van der Waals surface area contributed by atoms with E-state index in [1.165, 1.54) is 19.3 Å². The largest absolute Gasteiger partial charge is 0.339 e. The molecule has 2 heterocycles. The van der Waals surface area contributed by atoms with E-state index in [-0.39, 0.29) is 5.92 Å². The van der Waals surface area contributed by atoms with E-state index in [4.69, 9.17) is 0 Å². The van der Waals surface area contributed by atoms with Crippen molar-refractivity contribution < 1.29 is 4.79 Å². The maximum Gasteiger partial charge on any atom is 0.229 e. The first kappa shape index (κ1) is 7.84. The molecule has 0 bridgehead atoms. The highest BCUT2D eigenvalue weighted by atomic mass is 16.2. The van der Waals surface area contributed by atoms with E-state index < -0.39 is 0 Å². The fourth-order valence-corrected chi connectivity index (χ4v) is 2.35. The number of hydrogen-bond acceptors (Lipinski definition) is 1. The number of rotatable bonds is 1. The van der Waals surface area contributed by atoms with Crippen LogP contribution in [0.3, 0.4) is 0 Å². The first-order valence-corrected chi connectivity index (χ1v) is 4.76. The van der Waals surface area contributed by atoms with Crippen molar-refractivity contribution in [3.63, 3.8) is 0 Å². The molecule has 0 spiro atoms. The second kappa shape index (κ2) is 2.92. The molecule has 2 aliphatic rings. The van der Waals surface area contributed by atoms with Crippen molar-refractivity contribution in [2.45, 2.75) is 31.7 Å². The molecule has 2 aliphatic heterocycles. The number of amides is 1. The van der Waals surface area contributed by atoms with E-state index >= 15 is 0 Å². The summed E-state index contributed by atoms with van der Waals surface area (Å²) in [5.41, 5.74) is 0. The molecule has 2 atom stereocenters. The zero-order chi connectivity index (χ0) is 8.55. The van der Waals surface area contributed by atoms with Gasteiger partial charge in [0.25, 0.3) is 0 Å². The van der Waals surface area contributed by atoms with Gasteiger partial charge in [-0.05, 0) is 25.7 Å². The van der Waals surface area contributed by atoms with Crippen LogP contribution in [0.5, 0.6) is 0 Å². The van der Waals surface area contributed by atoms with Gasteiger partial charge < -0.3 is 4.90 Å². The zero-order valence-corrected chi connectivity index (χ0v) is 7.33. The monoisotopic (exact) mass is 165 g/mol. The lowest BCUT2D eigenvalue weighted by Gasteiger charge is -2.33. The van der Waals surface area contributed by atoms with Crippen molar-refractivity contribution in [3.05, 3.63) is 12.7 Å². The topological polar surface area (TPSA) is 20.3 Å². The van der Waals surface area contributed by atoms with Gasteiger partial charge in [-0.2, -0.15) is 0 Å². The van der Waals surface area contributed by atoms with Gasteiger partial charge in [-0.1, -0.05) is 6.08 Å². The molecule has 2 fully saturated rings. The van der Waals surface area contributed by atoms with Crippen molar-refractivity contribution in [1.29, 1.82) is 0 Å². The van der Waals surface area contributed by atoms with Gasteiger partial charge in [0, 0.05) is 12.6 Å². The highest BCUT2D eigenvalue weighted by Gasteiger charge is 2.36. The van der Waals surface area contributed by atoms with Crippen LogP contribution >= 0.6 is 0 Å². The number of fused-ring (bicyclic) bond motifs is 1. The van der Waals surface area contributed by atoms with Crippen LogP contribution in [0.25, 0.3) is 0 Å². The highest BCUT2D eigenvalue weighted by Crippen LogP contribution is 2.30. The SMILES string of the molecule is C=CC1CCC2CCCN2C1=O. The van der Waals surface area contributed by atoms with E-state index in [1.54, 1.807) is 6.08 Å². The van der Waals surface area contributed by atoms with Gasteiger partial charge in [0.1, 0.15) is 0 Å². The zero-order valence-electron chi connectivity index (χ0n) is 7.33. The molecule has 66 valence electrons. The minimum atomic E-state index is 0.111. The van der Waals surface area contributed by atoms with E-state index in [9.17, 15) is 4.79 Å². The lowest BCUT2D eigenvalue weighted by Crippen LogP contribution is -2.43. The normalized spacial score (nSPS) is 35.0. The second-order valence-corrected chi connectivity index (χ2v) is 3.75. The van der Waals surface area contributed by atoms with Crippen LogP contribution in [0.1, 0.15) is 25.7 Å². The number of carbonyl (C=O) groups is 1. The van der Waals surface area contributed by atoms with E-state index in [0.717, 1.165) is 13.0 Å². The summed E-state index contributed by atoms with van der Waals surface area (Å²) in [7, 11) is 0. The standard InChI is InChI=1S/C10H15NO/c1-2-8-5-6-9-4-3-7-11(9)10(8)12/h2,8-9H,1,3-7H2. The van der Waals surface area contributed by atoms with Gasteiger partial charge in [0.15, 0.2) is 0 Å². The summed E-state index contributed by atoms with van der Waals surface area (Å²) in [6.07, 6.45) is 6.42. The molecular formula is C10H15NO. The average molecular weight is 165 g/mol. The van der Waals surface area contributed by atoms with Gasteiger partial charge in [0.05, 0.1) is 5.92 Å². The summed E-state index contributed by atoms with van der Waals surface area (Å²) < 4.78 is 0. The Labute approximate surface area is 73.2 Å². The first-order valence-electron chi connectivity index (χ1n) is 4.76. The number of nitrogens with zero attached hydrogens (tertiary/aromatic N) is 1. The Balaban J connectivity index is 2.12. The van der Waals surface area contributed by atoms with Crippen molar-refractivity contribution in [1.82, 2.24) is 4.90 Å². The number of hydrogen-bond donors (Lipinski definition) is 0. The summed E-state index contributed by atoms with van der Waals surface area (Å²) in [6.45, 7) is 4.68. The molecule has 12 heavy (non-hydrogen) atoms. The van der Waals surface area contributed by atoms with E-state index in [1.807, 2.05) is 0 Å². The maximum absolute atomic E-state index is 11.7. The third-order valence-corrected chi connectivity index (χ3v) is 3.07. The molecule has 0 radical (unpaired) electrons. The van der Waals surface area contributed by atoms with E-state index in [0.29, 0.717) is 11.9 Å². The summed E-state index contributed by atoms with van der Waals surface area (Å²) >= 11 is 0. The Morgan fingerprint density at radius 3 is 3.00 bits per heavy atom. The fraction of sp³-hybridized carbons (Fsp3) is 0.700. The molecular weight excluding hydrogens is 150 g/mol. The first-order chi connectivity index (χ1) is 5.83. The molecule has 1 amide bonds.